The minimum absolute atomic E-state index is 0.0114. The minimum Gasteiger partial charge on any atom is -0.477 e. The van der Waals surface area contributed by atoms with Crippen LogP contribution < -0.4 is 10.0 Å². The Kier molecular flexibility index (Phi) is 6.86. The Morgan fingerprint density at radius 2 is 2.09 bits per heavy atom. The molecule has 0 saturated carbocycles. The molecule has 3 N–H and O–H groups in total. The van der Waals surface area contributed by atoms with Crippen LogP contribution in [0.25, 0.3) is 0 Å². The quantitative estimate of drug-likeness (QED) is 0.421. The molecule has 0 aromatic carbocycles. The predicted molar refractivity (Wildman–Crippen MR) is 129 cm³/mol. The fraction of sp³-hybridized carbons (Fsp3) is 0.571. The monoisotopic (exact) mass is 528 g/mol. The summed E-state index contributed by atoms with van der Waals surface area (Å²) in [5, 5.41) is 14.8. The van der Waals surface area contributed by atoms with Crippen molar-refractivity contribution >= 4 is 50.9 Å². The van der Waals surface area contributed by atoms with Crippen LogP contribution in [0.5, 0.6) is 0 Å². The molecule has 4 rings (SSSR count). The number of fused-ring (bicyclic) bond motifs is 1. The van der Waals surface area contributed by atoms with E-state index < -0.39 is 39.9 Å². The summed E-state index contributed by atoms with van der Waals surface area (Å²) < 4.78 is 28.1. The zero-order chi connectivity index (χ0) is 24.9. The molecule has 0 aliphatic carbocycles. The molecule has 34 heavy (non-hydrogen) atoms. The third kappa shape index (κ3) is 4.28. The van der Waals surface area contributed by atoms with Gasteiger partial charge in [-0.15, -0.1) is 23.1 Å². The van der Waals surface area contributed by atoms with Gasteiger partial charge in [0.1, 0.15) is 9.91 Å². The minimum atomic E-state index is -3.77. The Morgan fingerprint density at radius 1 is 1.38 bits per heavy atom. The lowest BCUT2D eigenvalue weighted by atomic mass is 9.78. The van der Waals surface area contributed by atoms with Gasteiger partial charge in [0.05, 0.1) is 18.0 Å². The van der Waals surface area contributed by atoms with Gasteiger partial charge in [-0.2, -0.15) is 0 Å². The molecule has 1 unspecified atom stereocenters. The number of aliphatic carboxylic acids is 1. The summed E-state index contributed by atoms with van der Waals surface area (Å²) in [5.74, 6) is -2.53. The summed E-state index contributed by atoms with van der Waals surface area (Å²) in [5.41, 5.74) is -0.0283. The largest absolute Gasteiger partial charge is 0.477 e. The zero-order valence-corrected chi connectivity index (χ0v) is 21.7. The SMILES string of the molecule is CC(NS(=O)(=O)c1cccs1)[C@H]1C(=O)N2C(C(=O)O)=C(S[C@@H]3CN[C@H](C(=O)N(C)C)C3)[C@H](C)[C@H]12. The molecule has 13 heteroatoms. The van der Waals surface area contributed by atoms with E-state index >= 15 is 0 Å². The van der Waals surface area contributed by atoms with Gasteiger partial charge in [-0.3, -0.25) is 9.59 Å². The summed E-state index contributed by atoms with van der Waals surface area (Å²) in [6.07, 6.45) is 0.559. The van der Waals surface area contributed by atoms with E-state index in [1.807, 2.05) is 6.92 Å². The predicted octanol–water partition coefficient (Wildman–Crippen LogP) is 0.740. The molecule has 0 radical (unpaired) electrons. The average Bonchev–Trinajstić information content (AvgIpc) is 3.48. The number of nitrogens with one attached hydrogen (secondary N) is 2. The molecule has 1 aromatic heterocycles. The number of hydrogen-bond donors (Lipinski definition) is 3. The number of sulfonamides is 1. The van der Waals surface area contributed by atoms with E-state index in [0.29, 0.717) is 17.9 Å². The Hall–Kier alpha value is -1.93. The van der Waals surface area contributed by atoms with Crippen molar-refractivity contribution in [2.45, 2.75) is 47.9 Å². The first-order valence-electron chi connectivity index (χ1n) is 10.9. The van der Waals surface area contributed by atoms with Crippen molar-refractivity contribution in [3.05, 3.63) is 28.1 Å². The van der Waals surface area contributed by atoms with Crippen LogP contribution in [0.3, 0.4) is 0 Å². The number of rotatable bonds is 8. The van der Waals surface area contributed by atoms with Crippen LogP contribution in [0.4, 0.5) is 0 Å². The van der Waals surface area contributed by atoms with Gasteiger partial charge < -0.3 is 20.2 Å². The molecule has 2 saturated heterocycles. The first-order chi connectivity index (χ1) is 15.9. The number of thiophene rings is 1. The first-order valence-corrected chi connectivity index (χ1v) is 14.2. The summed E-state index contributed by atoms with van der Waals surface area (Å²) in [6.45, 7) is 4.07. The number of β-lactam (4-membered cyclic amide) rings is 1. The van der Waals surface area contributed by atoms with Crippen LogP contribution in [-0.2, 0) is 24.4 Å². The molecule has 2 amide bonds. The van der Waals surface area contributed by atoms with E-state index in [1.54, 1.807) is 32.5 Å². The molecule has 6 atom stereocenters. The van der Waals surface area contributed by atoms with Crippen LogP contribution in [0.2, 0.25) is 0 Å². The Bertz CT molecular complexity index is 1130. The van der Waals surface area contributed by atoms with Crippen molar-refractivity contribution in [1.82, 2.24) is 19.8 Å². The van der Waals surface area contributed by atoms with Crippen LogP contribution in [0.15, 0.2) is 32.3 Å². The van der Waals surface area contributed by atoms with Gasteiger partial charge in [-0.25, -0.2) is 17.9 Å². The maximum atomic E-state index is 13.0. The lowest BCUT2D eigenvalue weighted by Gasteiger charge is -2.47. The van der Waals surface area contributed by atoms with Gasteiger partial charge in [-0.05, 0) is 24.8 Å². The summed E-state index contributed by atoms with van der Waals surface area (Å²) in [4.78, 5) is 40.9. The second-order valence-corrected chi connectivity index (χ2v) is 13.3. The number of carbonyl (C=O) groups is 3. The third-order valence-electron chi connectivity index (χ3n) is 6.55. The Morgan fingerprint density at radius 3 is 2.68 bits per heavy atom. The number of thioether (sulfide) groups is 1. The second-order valence-electron chi connectivity index (χ2n) is 9.04. The Balaban J connectivity index is 1.50. The van der Waals surface area contributed by atoms with Crippen molar-refractivity contribution in [1.29, 1.82) is 0 Å². The molecule has 1 aromatic rings. The van der Waals surface area contributed by atoms with Crippen molar-refractivity contribution < 1.29 is 27.9 Å². The van der Waals surface area contributed by atoms with Gasteiger partial charge in [-0.1, -0.05) is 13.0 Å². The van der Waals surface area contributed by atoms with E-state index in [9.17, 15) is 27.9 Å². The number of carboxylic acids is 1. The molecule has 10 nitrogen and oxygen atoms in total. The number of nitrogens with zero attached hydrogens (tertiary/aromatic N) is 2. The van der Waals surface area contributed by atoms with Crippen molar-refractivity contribution in [3.8, 4) is 0 Å². The highest BCUT2D eigenvalue weighted by molar-refractivity contribution is 8.03. The second kappa shape index (κ2) is 9.26. The molecular weight excluding hydrogens is 500 g/mol. The molecule has 4 heterocycles. The molecule has 3 aliphatic heterocycles. The first kappa shape index (κ1) is 25.2. The molecule has 0 bridgehead atoms. The third-order valence-corrected chi connectivity index (χ3v) is 11.0. The van der Waals surface area contributed by atoms with E-state index in [2.05, 4.69) is 10.0 Å². The lowest BCUT2D eigenvalue weighted by Crippen LogP contribution is -2.66. The average molecular weight is 529 g/mol. The number of amides is 2. The summed E-state index contributed by atoms with van der Waals surface area (Å²) in [6, 6.07) is 1.68. The number of carbonyl (C=O) groups excluding carboxylic acids is 2. The maximum absolute atomic E-state index is 13.0. The van der Waals surface area contributed by atoms with Gasteiger partial charge in [0.25, 0.3) is 0 Å². The van der Waals surface area contributed by atoms with Crippen LogP contribution >= 0.6 is 23.1 Å². The zero-order valence-electron chi connectivity index (χ0n) is 19.2. The van der Waals surface area contributed by atoms with Gasteiger partial charge >= 0.3 is 5.97 Å². The number of carboxylic acid groups (broad SMARTS) is 1. The maximum Gasteiger partial charge on any atom is 0.353 e. The van der Waals surface area contributed by atoms with E-state index in [1.165, 1.54) is 27.6 Å². The molecular formula is C21H28N4O6S3. The normalized spacial score (nSPS) is 29.7. The highest BCUT2D eigenvalue weighted by Gasteiger charge is 2.60. The van der Waals surface area contributed by atoms with Gasteiger partial charge in [0.15, 0.2) is 0 Å². The molecule has 2 fully saturated rings. The fourth-order valence-corrected chi connectivity index (χ4v) is 8.72. The van der Waals surface area contributed by atoms with Crippen molar-refractivity contribution in [2.75, 3.05) is 20.6 Å². The van der Waals surface area contributed by atoms with Crippen LogP contribution in [-0.4, -0.2) is 85.1 Å². The highest BCUT2D eigenvalue weighted by Crippen LogP contribution is 2.52. The molecule has 0 spiro atoms. The van der Waals surface area contributed by atoms with Crippen LogP contribution in [0.1, 0.15) is 20.3 Å². The topological polar surface area (TPSA) is 136 Å². The van der Waals surface area contributed by atoms with E-state index in [4.69, 9.17) is 0 Å². The van der Waals surface area contributed by atoms with Gasteiger partial charge in [0.2, 0.25) is 21.8 Å². The van der Waals surface area contributed by atoms with Crippen molar-refractivity contribution in [3.63, 3.8) is 0 Å². The molecule has 186 valence electrons. The number of hydrogen-bond acceptors (Lipinski definition) is 8. The standard InChI is InChI=1S/C21H28N4O6S3/c1-10-16-15(11(2)23-34(30,31)14-6-5-7-32-14)20(27)25(16)17(21(28)29)18(10)33-12-8-13(22-9-12)19(26)24(3)4/h5-7,10-13,15-16,22-23H,8-9H2,1-4H3,(H,28,29)/t10-,11?,12+,13+,15-,16-/m1/s1. The smallest absolute Gasteiger partial charge is 0.353 e. The number of likely N-dealkylation sites (N-methyl/N-ethyl adjacent to an activating group) is 1. The lowest BCUT2D eigenvalue weighted by molar-refractivity contribution is -0.157. The fourth-order valence-electron chi connectivity index (χ4n) is 4.96. The summed E-state index contributed by atoms with van der Waals surface area (Å²) >= 11 is 2.49. The van der Waals surface area contributed by atoms with Gasteiger partial charge in [0, 0.05) is 42.8 Å². The summed E-state index contributed by atoms with van der Waals surface area (Å²) in [7, 11) is -0.385. The van der Waals surface area contributed by atoms with Crippen LogP contribution in [0, 0.1) is 11.8 Å². The molecule has 3 aliphatic rings. The van der Waals surface area contributed by atoms with Crippen molar-refractivity contribution in [2.24, 2.45) is 11.8 Å². The Labute approximate surface area is 206 Å². The van der Waals surface area contributed by atoms with E-state index in [-0.39, 0.29) is 33.0 Å². The van der Waals surface area contributed by atoms with E-state index in [0.717, 1.165) is 11.3 Å². The highest BCUT2D eigenvalue weighted by atomic mass is 32.2.